The molecule has 0 spiro atoms. The van der Waals surface area contributed by atoms with Crippen molar-refractivity contribution in [3.63, 3.8) is 0 Å². The van der Waals surface area contributed by atoms with Crippen LogP contribution in [0.15, 0.2) is 54.6 Å². The summed E-state index contributed by atoms with van der Waals surface area (Å²) in [5, 5.41) is 0. The van der Waals surface area contributed by atoms with E-state index in [1.54, 1.807) is 6.08 Å². The molecule has 0 saturated carbocycles. The van der Waals surface area contributed by atoms with Gasteiger partial charge in [-0.3, -0.25) is 4.79 Å². The van der Waals surface area contributed by atoms with Gasteiger partial charge in [0.05, 0.1) is 0 Å². The fourth-order valence-corrected chi connectivity index (χ4v) is 1.88. The standard InChI is InChI=1S/C17H16O/c1-13-8-9-15(14(2)12-13)10-11-17(18)16-6-4-3-5-7-16/h3-12H,1-2H3. The van der Waals surface area contributed by atoms with E-state index in [-0.39, 0.29) is 5.78 Å². The normalized spacial score (nSPS) is 10.8. The fraction of sp³-hybridized carbons (Fsp3) is 0.118. The molecule has 0 fully saturated rings. The third kappa shape index (κ3) is 2.95. The maximum Gasteiger partial charge on any atom is 0.185 e. The maximum absolute atomic E-state index is 11.9. The summed E-state index contributed by atoms with van der Waals surface area (Å²) >= 11 is 0. The summed E-state index contributed by atoms with van der Waals surface area (Å²) in [6.45, 7) is 4.12. The molecule has 0 aromatic heterocycles. The summed E-state index contributed by atoms with van der Waals surface area (Å²) in [5.74, 6) is 0.0376. The summed E-state index contributed by atoms with van der Waals surface area (Å²) in [7, 11) is 0. The van der Waals surface area contributed by atoms with Crippen molar-refractivity contribution in [2.45, 2.75) is 13.8 Å². The predicted molar refractivity (Wildman–Crippen MR) is 75.7 cm³/mol. The quantitative estimate of drug-likeness (QED) is 0.576. The van der Waals surface area contributed by atoms with Crippen LogP contribution in [0.25, 0.3) is 6.08 Å². The molecule has 0 atom stereocenters. The van der Waals surface area contributed by atoms with Crippen LogP contribution in [0.1, 0.15) is 27.0 Å². The van der Waals surface area contributed by atoms with E-state index in [4.69, 9.17) is 0 Å². The minimum atomic E-state index is 0.0376. The molecule has 2 rings (SSSR count). The Morgan fingerprint density at radius 3 is 2.39 bits per heavy atom. The molecule has 0 heterocycles. The zero-order valence-electron chi connectivity index (χ0n) is 10.7. The Labute approximate surface area is 108 Å². The number of rotatable bonds is 3. The predicted octanol–water partition coefficient (Wildman–Crippen LogP) is 4.20. The van der Waals surface area contributed by atoms with Crippen molar-refractivity contribution >= 4 is 11.9 Å². The Kier molecular flexibility index (Phi) is 3.73. The molecule has 0 bridgehead atoms. The molecule has 0 amide bonds. The van der Waals surface area contributed by atoms with Gasteiger partial charge in [0, 0.05) is 5.56 Å². The van der Waals surface area contributed by atoms with E-state index < -0.39 is 0 Å². The van der Waals surface area contributed by atoms with E-state index in [9.17, 15) is 4.79 Å². The highest BCUT2D eigenvalue weighted by Gasteiger charge is 2.00. The summed E-state index contributed by atoms with van der Waals surface area (Å²) in [4.78, 5) is 11.9. The fourth-order valence-electron chi connectivity index (χ4n) is 1.88. The summed E-state index contributed by atoms with van der Waals surface area (Å²) in [6.07, 6.45) is 3.51. The van der Waals surface area contributed by atoms with E-state index >= 15 is 0 Å². The molecule has 90 valence electrons. The highest BCUT2D eigenvalue weighted by Crippen LogP contribution is 2.13. The number of benzene rings is 2. The third-order valence-corrected chi connectivity index (χ3v) is 2.90. The van der Waals surface area contributed by atoms with Crippen LogP contribution in [0.5, 0.6) is 0 Å². The van der Waals surface area contributed by atoms with Gasteiger partial charge in [-0.25, -0.2) is 0 Å². The molecule has 1 heteroatoms. The Hall–Kier alpha value is -2.15. The Bertz CT molecular complexity index is 580. The molecular formula is C17H16O. The molecule has 1 nitrogen and oxygen atoms in total. The van der Waals surface area contributed by atoms with Crippen molar-refractivity contribution in [2.24, 2.45) is 0 Å². The van der Waals surface area contributed by atoms with Gasteiger partial charge in [0.25, 0.3) is 0 Å². The van der Waals surface area contributed by atoms with Crippen molar-refractivity contribution in [1.29, 1.82) is 0 Å². The third-order valence-electron chi connectivity index (χ3n) is 2.90. The van der Waals surface area contributed by atoms with Gasteiger partial charge < -0.3 is 0 Å². The molecular weight excluding hydrogens is 220 g/mol. The minimum Gasteiger partial charge on any atom is -0.289 e. The van der Waals surface area contributed by atoms with Crippen LogP contribution in [-0.2, 0) is 0 Å². The van der Waals surface area contributed by atoms with E-state index in [1.165, 1.54) is 11.1 Å². The molecule has 0 aliphatic rings. The number of ketones is 1. The lowest BCUT2D eigenvalue weighted by atomic mass is 10.0. The molecule has 0 N–H and O–H groups in total. The van der Waals surface area contributed by atoms with Gasteiger partial charge in [-0.1, -0.05) is 60.2 Å². The van der Waals surface area contributed by atoms with Crippen LogP contribution in [0.2, 0.25) is 0 Å². The second-order valence-electron chi connectivity index (χ2n) is 4.42. The van der Waals surface area contributed by atoms with Crippen LogP contribution in [-0.4, -0.2) is 5.78 Å². The first-order chi connectivity index (χ1) is 8.66. The van der Waals surface area contributed by atoms with Crippen molar-refractivity contribution in [2.75, 3.05) is 0 Å². The number of hydrogen-bond acceptors (Lipinski definition) is 1. The van der Waals surface area contributed by atoms with Crippen molar-refractivity contribution in [3.8, 4) is 0 Å². The number of allylic oxidation sites excluding steroid dienone is 1. The van der Waals surface area contributed by atoms with Crippen molar-refractivity contribution < 1.29 is 4.79 Å². The van der Waals surface area contributed by atoms with Crippen LogP contribution in [0, 0.1) is 13.8 Å². The first kappa shape index (κ1) is 12.3. The first-order valence-corrected chi connectivity index (χ1v) is 6.01. The monoisotopic (exact) mass is 236 g/mol. The first-order valence-electron chi connectivity index (χ1n) is 6.01. The average Bonchev–Trinajstić information content (AvgIpc) is 2.38. The molecule has 18 heavy (non-hydrogen) atoms. The summed E-state index contributed by atoms with van der Waals surface area (Å²) < 4.78 is 0. The number of carbonyl (C=O) groups is 1. The minimum absolute atomic E-state index is 0.0376. The lowest BCUT2D eigenvalue weighted by Gasteiger charge is -2.01. The average molecular weight is 236 g/mol. The second kappa shape index (κ2) is 5.46. The maximum atomic E-state index is 11.9. The molecule has 0 aliphatic heterocycles. The molecule has 2 aromatic rings. The van der Waals surface area contributed by atoms with Gasteiger partial charge in [-0.05, 0) is 31.1 Å². The highest BCUT2D eigenvalue weighted by atomic mass is 16.1. The van der Waals surface area contributed by atoms with Crippen LogP contribution < -0.4 is 0 Å². The number of aryl methyl sites for hydroxylation is 2. The highest BCUT2D eigenvalue weighted by molar-refractivity contribution is 6.06. The largest absolute Gasteiger partial charge is 0.289 e. The Morgan fingerprint density at radius 2 is 1.72 bits per heavy atom. The zero-order valence-corrected chi connectivity index (χ0v) is 10.7. The summed E-state index contributed by atoms with van der Waals surface area (Å²) in [5.41, 5.74) is 4.23. The number of hydrogen-bond donors (Lipinski definition) is 0. The SMILES string of the molecule is Cc1ccc(C=CC(=O)c2ccccc2)c(C)c1. The van der Waals surface area contributed by atoms with E-state index in [1.807, 2.05) is 42.5 Å². The van der Waals surface area contributed by atoms with Gasteiger partial charge in [0.15, 0.2) is 5.78 Å². The van der Waals surface area contributed by atoms with Gasteiger partial charge in [-0.15, -0.1) is 0 Å². The second-order valence-corrected chi connectivity index (χ2v) is 4.42. The van der Waals surface area contributed by atoms with Gasteiger partial charge in [-0.2, -0.15) is 0 Å². The molecule has 0 radical (unpaired) electrons. The van der Waals surface area contributed by atoms with E-state index in [0.29, 0.717) is 0 Å². The van der Waals surface area contributed by atoms with Gasteiger partial charge in [0.2, 0.25) is 0 Å². The van der Waals surface area contributed by atoms with Crippen LogP contribution in [0.4, 0.5) is 0 Å². The Balaban J connectivity index is 2.19. The topological polar surface area (TPSA) is 17.1 Å². The van der Waals surface area contributed by atoms with Crippen molar-refractivity contribution in [3.05, 3.63) is 76.9 Å². The molecule has 2 aromatic carbocycles. The van der Waals surface area contributed by atoms with Gasteiger partial charge in [0.1, 0.15) is 0 Å². The zero-order chi connectivity index (χ0) is 13.0. The van der Waals surface area contributed by atoms with E-state index in [2.05, 4.69) is 26.0 Å². The smallest absolute Gasteiger partial charge is 0.185 e. The molecule has 0 saturated heterocycles. The lowest BCUT2D eigenvalue weighted by Crippen LogP contribution is -1.93. The summed E-state index contributed by atoms with van der Waals surface area (Å²) in [6, 6.07) is 15.5. The van der Waals surface area contributed by atoms with Crippen molar-refractivity contribution in [1.82, 2.24) is 0 Å². The molecule has 0 unspecified atom stereocenters. The Morgan fingerprint density at radius 1 is 1.00 bits per heavy atom. The van der Waals surface area contributed by atoms with Crippen LogP contribution in [0.3, 0.4) is 0 Å². The lowest BCUT2D eigenvalue weighted by molar-refractivity contribution is 0.104. The molecule has 0 aliphatic carbocycles. The number of carbonyl (C=O) groups excluding carboxylic acids is 1. The van der Waals surface area contributed by atoms with Crippen LogP contribution >= 0.6 is 0 Å². The van der Waals surface area contributed by atoms with E-state index in [0.717, 1.165) is 11.1 Å². The van der Waals surface area contributed by atoms with Gasteiger partial charge >= 0.3 is 0 Å².